The van der Waals surface area contributed by atoms with Crippen molar-refractivity contribution in [2.75, 3.05) is 20.2 Å². The summed E-state index contributed by atoms with van der Waals surface area (Å²) < 4.78 is 7.22. The van der Waals surface area contributed by atoms with Gasteiger partial charge in [0, 0.05) is 24.5 Å². The number of benzene rings is 1. The molecule has 0 saturated carbocycles. The third-order valence-corrected chi connectivity index (χ3v) is 3.33. The van der Waals surface area contributed by atoms with Gasteiger partial charge in [-0.05, 0) is 43.7 Å². The maximum Gasteiger partial charge on any atom is 0.176 e. The van der Waals surface area contributed by atoms with Crippen LogP contribution in [-0.2, 0) is 6.54 Å². The van der Waals surface area contributed by atoms with E-state index in [0.717, 1.165) is 36.4 Å². The van der Waals surface area contributed by atoms with Gasteiger partial charge in [-0.2, -0.15) is 0 Å². The average Bonchev–Trinajstić information content (AvgIpc) is 3.00. The molecule has 5 heteroatoms. The molecule has 112 valence electrons. The van der Waals surface area contributed by atoms with Crippen LogP contribution in [-0.4, -0.2) is 35.5 Å². The first kappa shape index (κ1) is 15.3. The number of rotatable bonds is 8. The summed E-state index contributed by atoms with van der Waals surface area (Å²) in [5.41, 5.74) is 1.69. The second-order valence-electron chi connectivity index (χ2n) is 4.94. The van der Waals surface area contributed by atoms with E-state index in [2.05, 4.69) is 10.3 Å². The summed E-state index contributed by atoms with van der Waals surface area (Å²) >= 11 is 0. The molecular weight excluding hydrogens is 266 g/mol. The fraction of sp³-hybridized carbons (Fsp3) is 0.375. The Morgan fingerprint density at radius 2 is 2.29 bits per heavy atom. The summed E-state index contributed by atoms with van der Waals surface area (Å²) in [4.78, 5) is 16.1. The number of hydrogen-bond acceptors (Lipinski definition) is 4. The van der Waals surface area contributed by atoms with E-state index < -0.39 is 0 Å². The molecule has 1 heterocycles. The zero-order valence-electron chi connectivity index (χ0n) is 12.5. The summed E-state index contributed by atoms with van der Waals surface area (Å²) in [5, 5.41) is 3.18. The number of nitrogens with zero attached hydrogens (tertiary/aromatic N) is 2. The lowest BCUT2D eigenvalue weighted by atomic mass is 10.1. The normalized spacial score (nSPS) is 10.6. The van der Waals surface area contributed by atoms with Crippen LogP contribution in [0.5, 0.6) is 5.75 Å². The number of ether oxygens (including phenoxy) is 1. The molecular formula is C16H21N3O2. The highest BCUT2D eigenvalue weighted by Crippen LogP contribution is 2.18. The van der Waals surface area contributed by atoms with Gasteiger partial charge in [0.05, 0.1) is 20.0 Å². The molecule has 1 aromatic heterocycles. The Labute approximate surface area is 125 Å². The minimum absolute atomic E-state index is 0.100. The number of nitrogens with one attached hydrogen (secondary N) is 1. The van der Waals surface area contributed by atoms with Crippen LogP contribution in [0.3, 0.4) is 0 Å². The lowest BCUT2D eigenvalue weighted by molar-refractivity contribution is 0.0991. The number of aryl methyl sites for hydroxylation is 2. The van der Waals surface area contributed by atoms with Crippen molar-refractivity contribution in [3.8, 4) is 5.75 Å². The number of methoxy groups -OCH3 is 1. The van der Waals surface area contributed by atoms with E-state index in [1.54, 1.807) is 25.7 Å². The first-order chi connectivity index (χ1) is 10.2. The van der Waals surface area contributed by atoms with Crippen molar-refractivity contribution in [2.45, 2.75) is 19.9 Å². The van der Waals surface area contributed by atoms with Crippen molar-refractivity contribution >= 4 is 5.78 Å². The predicted molar refractivity (Wildman–Crippen MR) is 81.8 cm³/mol. The van der Waals surface area contributed by atoms with Crippen LogP contribution in [0.4, 0.5) is 0 Å². The summed E-state index contributed by atoms with van der Waals surface area (Å²) in [5.74, 6) is 0.906. The third kappa shape index (κ3) is 4.43. The highest BCUT2D eigenvalue weighted by molar-refractivity contribution is 5.97. The van der Waals surface area contributed by atoms with Crippen LogP contribution in [0, 0.1) is 6.92 Å². The lowest BCUT2D eigenvalue weighted by Crippen LogP contribution is -2.24. The molecule has 1 N–H and O–H groups in total. The van der Waals surface area contributed by atoms with E-state index in [1.165, 1.54) is 0 Å². The Morgan fingerprint density at radius 3 is 2.95 bits per heavy atom. The number of imidazole rings is 1. The zero-order valence-corrected chi connectivity index (χ0v) is 12.5. The van der Waals surface area contributed by atoms with Crippen molar-refractivity contribution < 1.29 is 9.53 Å². The van der Waals surface area contributed by atoms with Crippen LogP contribution in [0.15, 0.2) is 36.9 Å². The lowest BCUT2D eigenvalue weighted by Gasteiger charge is -2.08. The fourth-order valence-corrected chi connectivity index (χ4v) is 2.16. The van der Waals surface area contributed by atoms with Crippen LogP contribution < -0.4 is 10.1 Å². The molecule has 0 bridgehead atoms. The van der Waals surface area contributed by atoms with Crippen LogP contribution in [0.2, 0.25) is 0 Å². The molecule has 0 saturated heterocycles. The van der Waals surface area contributed by atoms with Gasteiger partial charge >= 0.3 is 0 Å². The molecule has 0 atom stereocenters. The van der Waals surface area contributed by atoms with E-state index in [1.807, 2.05) is 29.8 Å². The molecule has 1 aromatic carbocycles. The van der Waals surface area contributed by atoms with Gasteiger partial charge in [-0.15, -0.1) is 0 Å². The van der Waals surface area contributed by atoms with Crippen molar-refractivity contribution in [3.63, 3.8) is 0 Å². The maximum absolute atomic E-state index is 12.1. The molecule has 0 amide bonds. The highest BCUT2D eigenvalue weighted by Gasteiger charge is 2.07. The second kappa shape index (κ2) is 7.59. The molecule has 2 rings (SSSR count). The first-order valence-corrected chi connectivity index (χ1v) is 7.05. The number of aromatic nitrogens is 2. The molecule has 2 aromatic rings. The van der Waals surface area contributed by atoms with Gasteiger partial charge in [-0.1, -0.05) is 0 Å². The summed E-state index contributed by atoms with van der Waals surface area (Å²) in [7, 11) is 1.63. The molecule has 0 aliphatic heterocycles. The molecule has 0 aliphatic carbocycles. The third-order valence-electron chi connectivity index (χ3n) is 3.33. The Morgan fingerprint density at radius 1 is 1.43 bits per heavy atom. The molecule has 0 unspecified atom stereocenters. The summed E-state index contributed by atoms with van der Waals surface area (Å²) in [6, 6.07) is 5.51. The number of Topliss-reactive ketones (excluding diaryl/α,β-unsaturated/α-hetero) is 1. The molecule has 0 fully saturated rings. The van der Waals surface area contributed by atoms with E-state index in [4.69, 9.17) is 4.74 Å². The Bertz CT molecular complexity index is 579. The molecule has 0 aliphatic rings. The van der Waals surface area contributed by atoms with Crippen molar-refractivity contribution in [2.24, 2.45) is 0 Å². The average molecular weight is 287 g/mol. The molecule has 5 nitrogen and oxygen atoms in total. The minimum Gasteiger partial charge on any atom is -0.496 e. The number of carbonyl (C=O) groups excluding carboxylic acids is 1. The van der Waals surface area contributed by atoms with Gasteiger partial charge in [0.1, 0.15) is 5.75 Å². The number of ketones is 1. The predicted octanol–water partition coefficient (Wildman–Crippen LogP) is 2.06. The number of hydrogen-bond donors (Lipinski definition) is 1. The van der Waals surface area contributed by atoms with E-state index in [-0.39, 0.29) is 5.78 Å². The Kier molecular flexibility index (Phi) is 5.51. The minimum atomic E-state index is 0.100. The summed E-state index contributed by atoms with van der Waals surface area (Å²) in [6.45, 7) is 4.01. The topological polar surface area (TPSA) is 56.1 Å². The first-order valence-electron chi connectivity index (χ1n) is 7.05. The fourth-order valence-electron chi connectivity index (χ4n) is 2.16. The van der Waals surface area contributed by atoms with Gasteiger partial charge in [0.2, 0.25) is 0 Å². The highest BCUT2D eigenvalue weighted by atomic mass is 16.5. The van der Waals surface area contributed by atoms with Crippen LogP contribution in [0.25, 0.3) is 0 Å². The molecule has 0 spiro atoms. The van der Waals surface area contributed by atoms with Crippen molar-refractivity contribution in [1.29, 1.82) is 0 Å². The van der Waals surface area contributed by atoms with Gasteiger partial charge in [0.25, 0.3) is 0 Å². The molecule has 21 heavy (non-hydrogen) atoms. The van der Waals surface area contributed by atoms with E-state index in [9.17, 15) is 4.79 Å². The second-order valence-corrected chi connectivity index (χ2v) is 4.94. The standard InChI is InChI=1S/C16H21N3O2/c1-13-10-14(4-5-16(13)21-2)15(20)11-17-6-3-8-19-9-7-18-12-19/h4-5,7,9-10,12,17H,3,6,8,11H2,1-2H3. The smallest absolute Gasteiger partial charge is 0.176 e. The summed E-state index contributed by atoms with van der Waals surface area (Å²) in [6.07, 6.45) is 6.46. The Hall–Kier alpha value is -2.14. The van der Waals surface area contributed by atoms with Gasteiger partial charge < -0.3 is 14.6 Å². The molecule has 0 radical (unpaired) electrons. The van der Waals surface area contributed by atoms with E-state index >= 15 is 0 Å². The van der Waals surface area contributed by atoms with Crippen LogP contribution in [0.1, 0.15) is 22.3 Å². The maximum atomic E-state index is 12.1. The van der Waals surface area contributed by atoms with Crippen molar-refractivity contribution in [1.82, 2.24) is 14.9 Å². The van der Waals surface area contributed by atoms with Crippen LogP contribution >= 0.6 is 0 Å². The zero-order chi connectivity index (χ0) is 15.1. The van der Waals surface area contributed by atoms with E-state index in [0.29, 0.717) is 6.54 Å². The largest absolute Gasteiger partial charge is 0.496 e. The van der Waals surface area contributed by atoms with Crippen molar-refractivity contribution in [3.05, 3.63) is 48.0 Å². The van der Waals surface area contributed by atoms with Gasteiger partial charge in [-0.3, -0.25) is 4.79 Å². The quantitative estimate of drug-likeness (QED) is 0.596. The number of carbonyl (C=O) groups is 1. The monoisotopic (exact) mass is 287 g/mol. The van der Waals surface area contributed by atoms with Gasteiger partial charge in [-0.25, -0.2) is 4.98 Å². The van der Waals surface area contributed by atoms with Gasteiger partial charge in [0.15, 0.2) is 5.78 Å². The SMILES string of the molecule is COc1ccc(C(=O)CNCCCn2ccnc2)cc1C. The Balaban J connectivity index is 1.73.